The quantitative estimate of drug-likeness (QED) is 0.459. The van der Waals surface area contributed by atoms with Crippen LogP contribution < -0.4 is 14.8 Å². The molecule has 1 saturated carbocycles. The van der Waals surface area contributed by atoms with Crippen LogP contribution in [0.2, 0.25) is 0 Å². The minimum atomic E-state index is -1.23. The molecule has 2 aromatic carbocycles. The highest BCUT2D eigenvalue weighted by Gasteiger charge is 2.43. The second-order valence-corrected chi connectivity index (χ2v) is 8.95. The van der Waals surface area contributed by atoms with Gasteiger partial charge in [0, 0.05) is 18.6 Å². The molecule has 7 nitrogen and oxygen atoms in total. The first-order valence-electron chi connectivity index (χ1n) is 12.0. The number of methoxy groups -OCH3 is 1. The van der Waals surface area contributed by atoms with Gasteiger partial charge in [0.25, 0.3) is 5.91 Å². The Morgan fingerprint density at radius 3 is 2.38 bits per heavy atom. The van der Waals surface area contributed by atoms with Gasteiger partial charge in [0.15, 0.2) is 11.5 Å². The number of carbonyl (C=O) groups is 2. The number of ether oxygens (including phenoxy) is 2. The summed E-state index contributed by atoms with van der Waals surface area (Å²) in [5, 5.41) is 21.8. The number of hydrogen-bond acceptors (Lipinski definition) is 5. The third-order valence-corrected chi connectivity index (χ3v) is 6.76. The van der Waals surface area contributed by atoms with Crippen LogP contribution in [0.3, 0.4) is 0 Å². The fourth-order valence-corrected chi connectivity index (χ4v) is 4.54. The highest BCUT2D eigenvalue weighted by Crippen LogP contribution is 2.35. The Hall–Kier alpha value is -3.06. The van der Waals surface area contributed by atoms with Crippen molar-refractivity contribution < 1.29 is 29.3 Å². The molecule has 7 heteroatoms. The predicted octanol–water partition coefficient (Wildman–Crippen LogP) is 4.00. The molecule has 34 heavy (non-hydrogen) atoms. The minimum absolute atomic E-state index is 0.106. The van der Waals surface area contributed by atoms with E-state index in [0.29, 0.717) is 55.3 Å². The molecule has 0 radical (unpaired) electrons. The van der Waals surface area contributed by atoms with E-state index in [0.717, 1.165) is 30.4 Å². The summed E-state index contributed by atoms with van der Waals surface area (Å²) in [7, 11) is 1.53. The molecule has 0 atom stereocenters. The van der Waals surface area contributed by atoms with Crippen LogP contribution in [-0.4, -0.2) is 48.0 Å². The van der Waals surface area contributed by atoms with Crippen LogP contribution >= 0.6 is 0 Å². The molecule has 1 aliphatic rings. The molecule has 0 heterocycles. The van der Waals surface area contributed by atoms with E-state index in [4.69, 9.17) is 14.6 Å². The summed E-state index contributed by atoms with van der Waals surface area (Å²) in [6.45, 7) is 2.59. The van der Waals surface area contributed by atoms with E-state index in [1.165, 1.54) is 7.11 Å². The van der Waals surface area contributed by atoms with Crippen LogP contribution in [0.5, 0.6) is 11.5 Å². The second kappa shape index (κ2) is 11.9. The van der Waals surface area contributed by atoms with Crippen molar-refractivity contribution in [3.63, 3.8) is 0 Å². The van der Waals surface area contributed by atoms with E-state index in [1.54, 1.807) is 18.2 Å². The molecule has 1 amide bonds. The van der Waals surface area contributed by atoms with Gasteiger partial charge >= 0.3 is 5.97 Å². The van der Waals surface area contributed by atoms with Gasteiger partial charge in [0.05, 0.1) is 13.7 Å². The standard InChI is InChI=1S/C27H35NO6/c1-3-19-9-13-27(14-10-19,26(31)32)28-25(30)22-7-8-23(33-2)24(18-22)34-16-12-21-6-4-5-20(17-21)11-15-29/h4-8,17-19,29H,3,9-16H2,1-2H3,(H,28,30)(H,31,32). The smallest absolute Gasteiger partial charge is 0.329 e. The predicted molar refractivity (Wildman–Crippen MR) is 130 cm³/mol. The van der Waals surface area contributed by atoms with Crippen LogP contribution in [-0.2, 0) is 17.6 Å². The van der Waals surface area contributed by atoms with E-state index in [2.05, 4.69) is 12.2 Å². The topological polar surface area (TPSA) is 105 Å². The number of benzene rings is 2. The normalized spacial score (nSPS) is 19.9. The second-order valence-electron chi connectivity index (χ2n) is 8.95. The third-order valence-electron chi connectivity index (χ3n) is 6.76. The maximum atomic E-state index is 13.0. The monoisotopic (exact) mass is 469 g/mol. The van der Waals surface area contributed by atoms with Gasteiger partial charge in [-0.1, -0.05) is 37.6 Å². The number of aliphatic hydroxyl groups is 1. The highest BCUT2D eigenvalue weighted by atomic mass is 16.5. The van der Waals surface area contributed by atoms with Crippen molar-refractivity contribution in [2.24, 2.45) is 5.92 Å². The molecule has 0 saturated heterocycles. The van der Waals surface area contributed by atoms with Crippen molar-refractivity contribution in [1.29, 1.82) is 0 Å². The van der Waals surface area contributed by atoms with Gasteiger partial charge in [-0.05, 0) is 67.3 Å². The number of carboxylic acids is 1. The molecule has 1 fully saturated rings. The molecule has 0 spiro atoms. The summed E-state index contributed by atoms with van der Waals surface area (Å²) < 4.78 is 11.3. The van der Waals surface area contributed by atoms with Crippen LogP contribution in [0, 0.1) is 5.92 Å². The van der Waals surface area contributed by atoms with Crippen LogP contribution in [0.25, 0.3) is 0 Å². The van der Waals surface area contributed by atoms with E-state index >= 15 is 0 Å². The Bertz CT molecular complexity index is 981. The van der Waals surface area contributed by atoms with Crippen molar-refractivity contribution in [3.05, 3.63) is 59.2 Å². The summed E-state index contributed by atoms with van der Waals surface area (Å²) in [6.07, 6.45) is 4.73. The molecular formula is C27H35NO6. The van der Waals surface area contributed by atoms with Gasteiger partial charge in [0.2, 0.25) is 0 Å². The van der Waals surface area contributed by atoms with Gasteiger partial charge in [-0.25, -0.2) is 4.79 Å². The summed E-state index contributed by atoms with van der Waals surface area (Å²) in [5.74, 6) is 0.0304. The maximum absolute atomic E-state index is 13.0. The maximum Gasteiger partial charge on any atom is 0.329 e. The zero-order chi connectivity index (χ0) is 24.6. The van der Waals surface area contributed by atoms with Gasteiger partial charge in [-0.3, -0.25) is 4.79 Å². The molecule has 184 valence electrons. The number of nitrogens with one attached hydrogen (secondary N) is 1. The van der Waals surface area contributed by atoms with E-state index < -0.39 is 17.4 Å². The third kappa shape index (κ3) is 6.29. The number of amides is 1. The summed E-state index contributed by atoms with van der Waals surface area (Å²) in [5.41, 5.74) is 1.25. The first-order valence-corrected chi connectivity index (χ1v) is 12.0. The molecule has 3 N–H and O–H groups in total. The van der Waals surface area contributed by atoms with Crippen molar-refractivity contribution in [2.75, 3.05) is 20.3 Å². The number of aliphatic carboxylic acids is 1. The SMILES string of the molecule is CCC1CCC(NC(=O)c2ccc(OC)c(OCCc3cccc(CCO)c3)c2)(C(=O)O)CC1. The van der Waals surface area contributed by atoms with Crippen molar-refractivity contribution in [2.45, 2.75) is 57.4 Å². The molecule has 0 bridgehead atoms. The molecule has 1 aliphatic carbocycles. The lowest BCUT2D eigenvalue weighted by Gasteiger charge is -2.37. The zero-order valence-corrected chi connectivity index (χ0v) is 20.0. The van der Waals surface area contributed by atoms with E-state index in [1.807, 2.05) is 24.3 Å². The number of carboxylic acid groups (broad SMARTS) is 1. The Labute approximate surface area is 201 Å². The first kappa shape index (κ1) is 25.6. The van der Waals surface area contributed by atoms with Crippen molar-refractivity contribution >= 4 is 11.9 Å². The van der Waals surface area contributed by atoms with Crippen LogP contribution in [0.4, 0.5) is 0 Å². The number of aliphatic hydroxyl groups excluding tert-OH is 1. The minimum Gasteiger partial charge on any atom is -0.493 e. The molecule has 0 aromatic heterocycles. The van der Waals surface area contributed by atoms with Crippen LogP contribution in [0.15, 0.2) is 42.5 Å². The largest absolute Gasteiger partial charge is 0.493 e. The van der Waals surface area contributed by atoms with Gasteiger partial charge < -0.3 is 25.0 Å². The van der Waals surface area contributed by atoms with Gasteiger partial charge in [0.1, 0.15) is 5.54 Å². The van der Waals surface area contributed by atoms with E-state index in [-0.39, 0.29) is 6.61 Å². The number of carbonyl (C=O) groups excluding carboxylic acids is 1. The molecule has 0 aliphatic heterocycles. The molecule has 2 aromatic rings. The Morgan fingerprint density at radius 1 is 1.06 bits per heavy atom. The van der Waals surface area contributed by atoms with Gasteiger partial charge in [-0.15, -0.1) is 0 Å². The van der Waals surface area contributed by atoms with E-state index in [9.17, 15) is 14.7 Å². The molecular weight excluding hydrogens is 434 g/mol. The molecule has 0 unspecified atom stereocenters. The van der Waals surface area contributed by atoms with Crippen molar-refractivity contribution in [3.8, 4) is 11.5 Å². The average Bonchev–Trinajstić information content (AvgIpc) is 2.84. The zero-order valence-electron chi connectivity index (χ0n) is 20.0. The number of rotatable bonds is 11. The Morgan fingerprint density at radius 2 is 1.76 bits per heavy atom. The molecule has 3 rings (SSSR count). The fourth-order valence-electron chi connectivity index (χ4n) is 4.54. The van der Waals surface area contributed by atoms with Crippen LogP contribution in [0.1, 0.15) is 60.5 Å². The Kier molecular flexibility index (Phi) is 8.93. The fraction of sp³-hybridized carbons (Fsp3) is 0.481. The summed E-state index contributed by atoms with van der Waals surface area (Å²) in [4.78, 5) is 25.1. The Balaban J connectivity index is 1.68. The van der Waals surface area contributed by atoms with Crippen molar-refractivity contribution in [1.82, 2.24) is 5.32 Å². The summed E-state index contributed by atoms with van der Waals surface area (Å²) in [6, 6.07) is 12.9. The lowest BCUT2D eigenvalue weighted by Crippen LogP contribution is -2.56. The lowest BCUT2D eigenvalue weighted by atomic mass is 9.75. The van der Waals surface area contributed by atoms with Gasteiger partial charge in [-0.2, -0.15) is 0 Å². The number of hydrogen-bond donors (Lipinski definition) is 3. The first-order chi connectivity index (χ1) is 16.4. The summed E-state index contributed by atoms with van der Waals surface area (Å²) >= 11 is 0. The average molecular weight is 470 g/mol. The lowest BCUT2D eigenvalue weighted by molar-refractivity contribution is -0.146. The highest BCUT2D eigenvalue weighted by molar-refractivity contribution is 5.98.